The molecule has 2 heterocycles. The maximum Gasteiger partial charge on any atom is 0.253 e. The van der Waals surface area contributed by atoms with Gasteiger partial charge in [0, 0.05) is 6.42 Å². The lowest BCUT2D eigenvalue weighted by Gasteiger charge is -2.22. The molecule has 1 atom stereocenters. The Kier molecular flexibility index (Phi) is 6.39. The Hall–Kier alpha value is -3.20. The highest BCUT2D eigenvalue weighted by Crippen LogP contribution is 2.35. The van der Waals surface area contributed by atoms with Gasteiger partial charge in [0.05, 0.1) is 30.7 Å². The fourth-order valence-electron chi connectivity index (χ4n) is 4.48. The van der Waals surface area contributed by atoms with Gasteiger partial charge in [-0.2, -0.15) is 5.10 Å². The van der Waals surface area contributed by atoms with E-state index in [4.69, 9.17) is 9.84 Å². The molecule has 1 aliphatic carbocycles. The smallest absolute Gasteiger partial charge is 0.253 e. The van der Waals surface area contributed by atoms with Gasteiger partial charge in [0.1, 0.15) is 5.75 Å². The summed E-state index contributed by atoms with van der Waals surface area (Å²) >= 11 is 1.38. The third-order valence-electron chi connectivity index (χ3n) is 6.23. The van der Waals surface area contributed by atoms with E-state index in [-0.39, 0.29) is 17.7 Å². The van der Waals surface area contributed by atoms with Gasteiger partial charge < -0.3 is 4.74 Å². The number of hydrogen-bond donors (Lipinski definition) is 0. The number of aromatic nitrogens is 4. The summed E-state index contributed by atoms with van der Waals surface area (Å²) < 4.78 is 7.18. The average molecular weight is 463 g/mol. The second-order valence-electron chi connectivity index (χ2n) is 8.28. The fraction of sp³-hybridized carbons (Fsp3) is 0.375. The topological polar surface area (TPSA) is 85.5 Å². The maximum atomic E-state index is 13.4. The van der Waals surface area contributed by atoms with Crippen molar-refractivity contribution in [1.82, 2.24) is 25.2 Å². The quantitative estimate of drug-likeness (QED) is 0.488. The number of thioether (sulfide) groups is 1. The Labute approximate surface area is 197 Å². The number of benzene rings is 2. The Morgan fingerprint density at radius 2 is 1.85 bits per heavy atom. The van der Waals surface area contributed by atoms with Crippen LogP contribution in [-0.2, 0) is 4.79 Å². The molecule has 0 radical (unpaired) electrons. The number of methoxy groups -OCH3 is 1. The van der Waals surface area contributed by atoms with Gasteiger partial charge in [-0.15, -0.1) is 5.10 Å². The molecule has 0 unspecified atom stereocenters. The molecule has 1 saturated carbocycles. The summed E-state index contributed by atoms with van der Waals surface area (Å²) in [6.07, 6.45) is 5.22. The molecule has 2 aliphatic rings. The number of rotatable bonds is 7. The molecule has 0 spiro atoms. The van der Waals surface area contributed by atoms with Gasteiger partial charge in [-0.25, -0.2) is 9.69 Å². The summed E-state index contributed by atoms with van der Waals surface area (Å²) in [5.41, 5.74) is 2.97. The minimum Gasteiger partial charge on any atom is -0.497 e. The first-order valence-electron chi connectivity index (χ1n) is 11.2. The summed E-state index contributed by atoms with van der Waals surface area (Å²) in [6.45, 7) is 0. The summed E-state index contributed by atoms with van der Waals surface area (Å²) in [5.74, 6) is 0.951. The SMILES string of the molecule is COc1ccc([C@@H]2CC(c3ccccc3)=NN2C(=O)CSc2nnnn2C2CCCC2)cc1. The maximum absolute atomic E-state index is 13.4. The third kappa shape index (κ3) is 4.64. The Morgan fingerprint density at radius 1 is 1.09 bits per heavy atom. The van der Waals surface area contributed by atoms with Crippen LogP contribution in [0.2, 0.25) is 0 Å². The van der Waals surface area contributed by atoms with E-state index in [2.05, 4.69) is 15.5 Å². The highest BCUT2D eigenvalue weighted by Gasteiger charge is 2.33. The molecule has 0 bridgehead atoms. The van der Waals surface area contributed by atoms with E-state index >= 15 is 0 Å². The van der Waals surface area contributed by atoms with Crippen molar-refractivity contribution in [2.24, 2.45) is 5.10 Å². The number of nitrogens with zero attached hydrogens (tertiary/aromatic N) is 6. The Balaban J connectivity index is 1.36. The standard InChI is InChI=1S/C24H26N6O2S/c1-32-20-13-11-18(12-14-20)22-15-21(17-7-3-2-4-8-17)26-30(22)23(31)16-33-24-25-27-28-29(24)19-9-5-6-10-19/h2-4,7-8,11-14,19,22H,5-6,9-10,15-16H2,1H3/t22-/m0/s1. The van der Waals surface area contributed by atoms with Gasteiger partial charge in [0.2, 0.25) is 5.16 Å². The van der Waals surface area contributed by atoms with E-state index in [0.717, 1.165) is 35.4 Å². The van der Waals surface area contributed by atoms with E-state index < -0.39 is 0 Å². The van der Waals surface area contributed by atoms with Crippen LogP contribution in [0.4, 0.5) is 0 Å². The lowest BCUT2D eigenvalue weighted by atomic mass is 9.98. The number of hydrazone groups is 1. The van der Waals surface area contributed by atoms with Crippen molar-refractivity contribution in [3.8, 4) is 5.75 Å². The summed E-state index contributed by atoms with van der Waals surface area (Å²) in [5, 5.41) is 19.3. The van der Waals surface area contributed by atoms with Crippen molar-refractivity contribution in [1.29, 1.82) is 0 Å². The van der Waals surface area contributed by atoms with Crippen LogP contribution in [0.5, 0.6) is 5.75 Å². The number of hydrogen-bond acceptors (Lipinski definition) is 7. The minimum absolute atomic E-state index is 0.0623. The highest BCUT2D eigenvalue weighted by molar-refractivity contribution is 7.99. The largest absolute Gasteiger partial charge is 0.497 e. The van der Waals surface area contributed by atoms with Gasteiger partial charge in [0.25, 0.3) is 5.91 Å². The van der Waals surface area contributed by atoms with Crippen LogP contribution in [0.15, 0.2) is 64.9 Å². The van der Waals surface area contributed by atoms with Gasteiger partial charge in [0.15, 0.2) is 0 Å². The second-order valence-corrected chi connectivity index (χ2v) is 9.22. The Morgan fingerprint density at radius 3 is 2.58 bits per heavy atom. The fourth-order valence-corrected chi connectivity index (χ4v) is 5.28. The molecular formula is C24H26N6O2S. The number of carbonyl (C=O) groups is 1. The first kappa shape index (κ1) is 21.6. The zero-order chi connectivity index (χ0) is 22.6. The predicted octanol–water partition coefficient (Wildman–Crippen LogP) is 4.27. The van der Waals surface area contributed by atoms with Crippen LogP contribution in [-0.4, -0.2) is 49.7 Å². The molecule has 1 fully saturated rings. The van der Waals surface area contributed by atoms with Crippen molar-refractivity contribution in [3.05, 3.63) is 65.7 Å². The lowest BCUT2D eigenvalue weighted by molar-refractivity contribution is -0.130. The van der Waals surface area contributed by atoms with Gasteiger partial charge >= 0.3 is 0 Å². The average Bonchev–Trinajstić information content (AvgIpc) is 3.63. The van der Waals surface area contributed by atoms with Crippen LogP contribution in [0.1, 0.15) is 55.3 Å². The molecule has 5 rings (SSSR count). The molecule has 1 aliphatic heterocycles. The number of amides is 1. The molecular weight excluding hydrogens is 436 g/mol. The van der Waals surface area contributed by atoms with Gasteiger partial charge in [-0.3, -0.25) is 4.79 Å². The Bertz CT molecular complexity index is 1130. The molecule has 0 saturated heterocycles. The zero-order valence-corrected chi connectivity index (χ0v) is 19.3. The molecule has 3 aromatic rings. The number of ether oxygens (including phenoxy) is 1. The van der Waals surface area contributed by atoms with Crippen molar-refractivity contribution in [2.75, 3.05) is 12.9 Å². The van der Waals surface area contributed by atoms with Crippen molar-refractivity contribution >= 4 is 23.4 Å². The van der Waals surface area contributed by atoms with E-state index in [1.54, 1.807) is 12.1 Å². The summed E-state index contributed by atoms with van der Waals surface area (Å²) in [6, 6.07) is 18.0. The molecule has 8 nitrogen and oxygen atoms in total. The van der Waals surface area contributed by atoms with Crippen molar-refractivity contribution in [3.63, 3.8) is 0 Å². The normalized spacial score (nSPS) is 18.5. The molecule has 2 aromatic carbocycles. The van der Waals surface area contributed by atoms with E-state index in [1.807, 2.05) is 59.3 Å². The molecule has 9 heteroatoms. The van der Waals surface area contributed by atoms with Gasteiger partial charge in [-0.05, 0) is 46.5 Å². The second kappa shape index (κ2) is 9.74. The zero-order valence-electron chi connectivity index (χ0n) is 18.5. The van der Waals surface area contributed by atoms with Crippen LogP contribution in [0, 0.1) is 0 Å². The minimum atomic E-state index is -0.162. The third-order valence-corrected chi connectivity index (χ3v) is 7.15. The predicted molar refractivity (Wildman–Crippen MR) is 126 cm³/mol. The van der Waals surface area contributed by atoms with Crippen LogP contribution < -0.4 is 4.74 Å². The van der Waals surface area contributed by atoms with Crippen LogP contribution >= 0.6 is 11.8 Å². The number of carbonyl (C=O) groups excluding carboxylic acids is 1. The lowest BCUT2D eigenvalue weighted by Crippen LogP contribution is -2.28. The van der Waals surface area contributed by atoms with Crippen LogP contribution in [0.25, 0.3) is 0 Å². The molecule has 1 aromatic heterocycles. The number of tetrazole rings is 1. The van der Waals surface area contributed by atoms with Gasteiger partial charge in [-0.1, -0.05) is 67.1 Å². The summed E-state index contributed by atoms with van der Waals surface area (Å²) in [4.78, 5) is 13.4. The molecule has 0 N–H and O–H groups in total. The molecule has 33 heavy (non-hydrogen) atoms. The van der Waals surface area contributed by atoms with Crippen molar-refractivity contribution in [2.45, 2.75) is 49.3 Å². The first-order valence-corrected chi connectivity index (χ1v) is 12.2. The van der Waals surface area contributed by atoms with E-state index in [1.165, 1.54) is 24.6 Å². The molecule has 170 valence electrons. The van der Waals surface area contributed by atoms with Crippen LogP contribution in [0.3, 0.4) is 0 Å². The van der Waals surface area contributed by atoms with Crippen molar-refractivity contribution < 1.29 is 9.53 Å². The molecule has 1 amide bonds. The first-order chi connectivity index (χ1) is 16.2. The summed E-state index contributed by atoms with van der Waals surface area (Å²) in [7, 11) is 1.65. The van der Waals surface area contributed by atoms with E-state index in [0.29, 0.717) is 17.6 Å². The van der Waals surface area contributed by atoms with E-state index in [9.17, 15) is 4.79 Å². The monoisotopic (exact) mass is 462 g/mol. The highest BCUT2D eigenvalue weighted by atomic mass is 32.2.